The molecule has 33 heavy (non-hydrogen) atoms. The van der Waals surface area contributed by atoms with Gasteiger partial charge in [-0.1, -0.05) is 20.3 Å². The lowest BCUT2D eigenvalue weighted by Gasteiger charge is -2.14. The van der Waals surface area contributed by atoms with Crippen molar-refractivity contribution in [1.82, 2.24) is 25.6 Å². The quantitative estimate of drug-likeness (QED) is 0.452. The molecule has 0 bridgehead atoms. The number of aromatic amines is 1. The molecule has 0 spiro atoms. The van der Waals surface area contributed by atoms with E-state index >= 15 is 0 Å². The first-order valence-corrected chi connectivity index (χ1v) is 11.4. The van der Waals surface area contributed by atoms with Gasteiger partial charge in [-0.2, -0.15) is 0 Å². The minimum absolute atomic E-state index is 0.0667. The number of fused-ring (bicyclic) bond motifs is 2. The number of aromatic nitrogens is 3. The molecule has 3 N–H and O–H groups in total. The first-order valence-electron chi connectivity index (χ1n) is 11.4. The lowest BCUT2D eigenvalue weighted by atomic mass is 10.1. The van der Waals surface area contributed by atoms with Crippen molar-refractivity contribution in [3.8, 4) is 28.5 Å². The third kappa shape index (κ3) is 4.08. The third-order valence-corrected chi connectivity index (χ3v) is 6.11. The molecule has 0 saturated carbocycles. The molecule has 4 heterocycles. The van der Waals surface area contributed by atoms with Crippen LogP contribution in [0.3, 0.4) is 0 Å². The molecule has 1 aromatic carbocycles. The second-order valence-corrected chi connectivity index (χ2v) is 8.32. The third-order valence-electron chi connectivity index (χ3n) is 6.11. The van der Waals surface area contributed by atoms with E-state index in [1.54, 1.807) is 6.20 Å². The molecule has 1 unspecified atom stereocenters. The van der Waals surface area contributed by atoms with E-state index in [1.165, 1.54) is 6.33 Å². The van der Waals surface area contributed by atoms with Gasteiger partial charge in [0.25, 0.3) is 5.91 Å². The van der Waals surface area contributed by atoms with Crippen molar-refractivity contribution in [3.05, 3.63) is 37.1 Å². The van der Waals surface area contributed by atoms with Gasteiger partial charge in [0.15, 0.2) is 11.5 Å². The fraction of sp³-hybridized carbons (Fsp3) is 0.417. The van der Waals surface area contributed by atoms with Gasteiger partial charge < -0.3 is 29.8 Å². The maximum atomic E-state index is 13.0. The summed E-state index contributed by atoms with van der Waals surface area (Å²) in [5, 5.41) is 6.48. The van der Waals surface area contributed by atoms with Crippen molar-refractivity contribution >= 4 is 16.9 Å². The van der Waals surface area contributed by atoms with Crippen LogP contribution < -0.4 is 24.8 Å². The number of nitrogens with one attached hydrogen (secondary N) is 3. The fourth-order valence-corrected chi connectivity index (χ4v) is 4.34. The lowest BCUT2D eigenvalue weighted by Crippen LogP contribution is -2.36. The summed E-state index contributed by atoms with van der Waals surface area (Å²) in [6.07, 6.45) is 6.76. The number of benzene rings is 1. The molecule has 1 amide bonds. The van der Waals surface area contributed by atoms with Crippen LogP contribution in [0.15, 0.2) is 24.7 Å². The summed E-state index contributed by atoms with van der Waals surface area (Å²) in [6, 6.07) is 4.11. The number of carbonyl (C=O) groups excluding carboxylic acids is 1. The first-order chi connectivity index (χ1) is 16.2. The Kier molecular flexibility index (Phi) is 6.04. The predicted octanol–water partition coefficient (Wildman–Crippen LogP) is 3.22. The highest BCUT2D eigenvalue weighted by atomic mass is 16.7. The van der Waals surface area contributed by atoms with Gasteiger partial charge in [0.2, 0.25) is 6.79 Å². The summed E-state index contributed by atoms with van der Waals surface area (Å²) in [7, 11) is 0. The predicted molar refractivity (Wildman–Crippen MR) is 123 cm³/mol. The van der Waals surface area contributed by atoms with E-state index in [-0.39, 0.29) is 18.7 Å². The van der Waals surface area contributed by atoms with Crippen LogP contribution >= 0.6 is 0 Å². The SMILES string of the molecule is [CH2]CC1C[C@@H](NC(=O)c2c[nH]c3c(-c4c(OCCCC)ccc5c4OCO5)ncnc23)CN1. The molecular formula is C24H28N5O4. The van der Waals surface area contributed by atoms with Crippen molar-refractivity contribution in [2.24, 2.45) is 0 Å². The average Bonchev–Trinajstić information content (AvgIpc) is 3.58. The van der Waals surface area contributed by atoms with Crippen LogP contribution in [0.5, 0.6) is 17.2 Å². The van der Waals surface area contributed by atoms with Crippen LogP contribution in [0, 0.1) is 6.92 Å². The maximum Gasteiger partial charge on any atom is 0.255 e. The Morgan fingerprint density at radius 3 is 3.06 bits per heavy atom. The molecule has 5 rings (SSSR count). The van der Waals surface area contributed by atoms with E-state index in [0.29, 0.717) is 57.8 Å². The summed E-state index contributed by atoms with van der Waals surface area (Å²) in [6.45, 7) is 7.51. The number of amides is 1. The molecule has 2 aliphatic rings. The zero-order valence-corrected chi connectivity index (χ0v) is 18.6. The second-order valence-electron chi connectivity index (χ2n) is 8.32. The maximum absolute atomic E-state index is 13.0. The number of hydrogen-bond acceptors (Lipinski definition) is 7. The van der Waals surface area contributed by atoms with Crippen molar-refractivity contribution in [2.45, 2.75) is 44.7 Å². The Morgan fingerprint density at radius 1 is 1.33 bits per heavy atom. The van der Waals surface area contributed by atoms with E-state index in [1.807, 2.05) is 12.1 Å². The van der Waals surface area contributed by atoms with E-state index in [9.17, 15) is 4.79 Å². The number of rotatable bonds is 8. The Balaban J connectivity index is 1.50. The van der Waals surface area contributed by atoms with E-state index < -0.39 is 0 Å². The topological polar surface area (TPSA) is 110 Å². The van der Waals surface area contributed by atoms with Gasteiger partial charge >= 0.3 is 0 Å². The molecule has 2 atom stereocenters. The van der Waals surface area contributed by atoms with Gasteiger partial charge in [-0.15, -0.1) is 0 Å². The molecule has 2 aliphatic heterocycles. The Hall–Kier alpha value is -3.33. The molecule has 9 heteroatoms. The first kappa shape index (κ1) is 21.5. The number of hydrogen-bond donors (Lipinski definition) is 3. The number of ether oxygens (including phenoxy) is 3. The van der Waals surface area contributed by atoms with Crippen molar-refractivity contribution in [1.29, 1.82) is 0 Å². The van der Waals surface area contributed by atoms with Crippen LogP contribution in [0.25, 0.3) is 22.3 Å². The second kappa shape index (κ2) is 9.27. The Bertz CT molecular complexity index is 1160. The largest absolute Gasteiger partial charge is 0.493 e. The highest BCUT2D eigenvalue weighted by molar-refractivity contribution is 6.08. The number of carbonyl (C=O) groups is 1. The summed E-state index contributed by atoms with van der Waals surface area (Å²) in [5.74, 6) is 1.71. The fourth-order valence-electron chi connectivity index (χ4n) is 4.34. The summed E-state index contributed by atoms with van der Waals surface area (Å²) < 4.78 is 17.4. The molecule has 1 saturated heterocycles. The van der Waals surface area contributed by atoms with Gasteiger partial charge in [-0.05, 0) is 31.4 Å². The van der Waals surface area contributed by atoms with Gasteiger partial charge in [0.05, 0.1) is 23.3 Å². The number of unbranched alkanes of at least 4 members (excludes halogenated alkanes) is 1. The summed E-state index contributed by atoms with van der Waals surface area (Å²) in [4.78, 5) is 25.2. The van der Waals surface area contributed by atoms with Gasteiger partial charge in [0, 0.05) is 24.8 Å². The van der Waals surface area contributed by atoms with E-state index in [0.717, 1.165) is 32.2 Å². The monoisotopic (exact) mass is 450 g/mol. The molecule has 2 aromatic heterocycles. The van der Waals surface area contributed by atoms with E-state index in [4.69, 9.17) is 14.2 Å². The molecule has 3 aromatic rings. The lowest BCUT2D eigenvalue weighted by molar-refractivity contribution is 0.0941. The van der Waals surface area contributed by atoms with E-state index in [2.05, 4.69) is 39.4 Å². The number of H-pyrrole nitrogens is 1. The van der Waals surface area contributed by atoms with Crippen molar-refractivity contribution in [3.63, 3.8) is 0 Å². The van der Waals surface area contributed by atoms with Gasteiger partial charge in [-0.25, -0.2) is 9.97 Å². The van der Waals surface area contributed by atoms with Gasteiger partial charge in [-0.3, -0.25) is 4.79 Å². The molecule has 173 valence electrons. The van der Waals surface area contributed by atoms with Gasteiger partial charge in [0.1, 0.15) is 23.3 Å². The minimum atomic E-state index is -0.167. The van der Waals surface area contributed by atoms with Crippen LogP contribution in [0.1, 0.15) is 43.0 Å². The average molecular weight is 451 g/mol. The van der Waals surface area contributed by atoms with Crippen LogP contribution in [-0.2, 0) is 0 Å². The van der Waals surface area contributed by atoms with Crippen LogP contribution in [-0.4, -0.2) is 52.9 Å². The standard InChI is InChI=1S/C24H28N5O4/c1-3-5-8-31-17-6-7-18-23(33-13-32-18)19(17)21-22-20(27-12-28-21)16(11-26-22)24(30)29-15-9-14(4-2)25-10-15/h6-7,11-12,14-15,25-26H,2-5,8-10,13H2,1H3,(H,29,30)/t14?,15-/m1/s1. The molecular weight excluding hydrogens is 422 g/mol. The smallest absolute Gasteiger partial charge is 0.255 e. The molecule has 1 fully saturated rings. The zero-order valence-electron chi connectivity index (χ0n) is 18.6. The Morgan fingerprint density at radius 2 is 2.24 bits per heavy atom. The highest BCUT2D eigenvalue weighted by Crippen LogP contribution is 2.47. The normalized spacial score (nSPS) is 19.2. The van der Waals surface area contributed by atoms with Crippen LogP contribution in [0.2, 0.25) is 0 Å². The molecule has 0 aliphatic carbocycles. The zero-order chi connectivity index (χ0) is 22.8. The van der Waals surface area contributed by atoms with Crippen molar-refractivity contribution < 1.29 is 19.0 Å². The molecule has 9 nitrogen and oxygen atoms in total. The summed E-state index contributed by atoms with van der Waals surface area (Å²) >= 11 is 0. The highest BCUT2D eigenvalue weighted by Gasteiger charge is 2.28. The summed E-state index contributed by atoms with van der Waals surface area (Å²) in [5.41, 5.74) is 2.97. The van der Waals surface area contributed by atoms with Crippen molar-refractivity contribution in [2.75, 3.05) is 19.9 Å². The Labute approximate surface area is 192 Å². The van der Waals surface area contributed by atoms with Crippen LogP contribution in [0.4, 0.5) is 0 Å². The minimum Gasteiger partial charge on any atom is -0.493 e. The number of nitrogens with zero attached hydrogens (tertiary/aromatic N) is 2. The molecule has 1 radical (unpaired) electrons.